The Balaban J connectivity index is 1.97. The molecule has 2 saturated carbocycles. The molecule has 2 fully saturated rings. The van der Waals surface area contributed by atoms with Crippen molar-refractivity contribution in [1.82, 2.24) is 0 Å². The SMILES string of the molecule is CC(=C1CC1)C1CCCCC1. The maximum atomic E-state index is 2.37. The zero-order valence-electron chi connectivity index (χ0n) is 7.53. The van der Waals surface area contributed by atoms with Crippen LogP contribution in [0.2, 0.25) is 0 Å². The molecule has 0 nitrogen and oxygen atoms in total. The molecule has 0 amide bonds. The first-order chi connectivity index (χ1) is 5.38. The summed E-state index contributed by atoms with van der Waals surface area (Å²) in [4.78, 5) is 0. The van der Waals surface area contributed by atoms with Crippen LogP contribution in [0, 0.1) is 5.92 Å². The Morgan fingerprint density at radius 3 is 2.27 bits per heavy atom. The van der Waals surface area contributed by atoms with Gasteiger partial charge in [-0.25, -0.2) is 0 Å². The molecule has 2 aliphatic carbocycles. The first kappa shape index (κ1) is 7.39. The second-order valence-electron chi connectivity index (χ2n) is 4.12. The summed E-state index contributed by atoms with van der Waals surface area (Å²) in [6.07, 6.45) is 10.2. The molecule has 62 valence electrons. The first-order valence-electron chi connectivity index (χ1n) is 5.06. The zero-order chi connectivity index (χ0) is 7.68. The standard InChI is InChI=1S/C11H18/c1-9(11-7-8-11)10-5-3-2-4-6-10/h10H,2-8H2,1H3. The molecule has 0 aromatic rings. The van der Waals surface area contributed by atoms with E-state index in [1.165, 1.54) is 44.9 Å². The number of hydrogen-bond acceptors (Lipinski definition) is 0. The van der Waals surface area contributed by atoms with Crippen molar-refractivity contribution < 1.29 is 0 Å². The minimum absolute atomic E-state index is 0.987. The average molecular weight is 150 g/mol. The molecule has 2 rings (SSSR count). The van der Waals surface area contributed by atoms with Gasteiger partial charge in [-0.15, -0.1) is 0 Å². The highest BCUT2D eigenvalue weighted by molar-refractivity contribution is 5.25. The normalized spacial score (nSPS) is 25.4. The minimum atomic E-state index is 0.987. The number of hydrogen-bond donors (Lipinski definition) is 0. The van der Waals surface area contributed by atoms with Gasteiger partial charge in [-0.3, -0.25) is 0 Å². The minimum Gasteiger partial charge on any atom is -0.0710 e. The zero-order valence-corrected chi connectivity index (χ0v) is 7.53. The fraction of sp³-hybridized carbons (Fsp3) is 0.818. The van der Waals surface area contributed by atoms with Gasteiger partial charge in [0, 0.05) is 0 Å². The lowest BCUT2D eigenvalue weighted by Gasteiger charge is -2.22. The van der Waals surface area contributed by atoms with Crippen LogP contribution in [0.1, 0.15) is 51.9 Å². The van der Waals surface area contributed by atoms with Crippen LogP contribution in [-0.4, -0.2) is 0 Å². The van der Waals surface area contributed by atoms with Crippen molar-refractivity contribution in [2.45, 2.75) is 51.9 Å². The van der Waals surface area contributed by atoms with E-state index in [1.54, 1.807) is 11.1 Å². The Morgan fingerprint density at radius 1 is 1.09 bits per heavy atom. The van der Waals surface area contributed by atoms with Crippen LogP contribution in [0.4, 0.5) is 0 Å². The van der Waals surface area contributed by atoms with Gasteiger partial charge in [-0.05, 0) is 38.5 Å². The van der Waals surface area contributed by atoms with Crippen molar-refractivity contribution >= 4 is 0 Å². The van der Waals surface area contributed by atoms with Gasteiger partial charge in [0.15, 0.2) is 0 Å². The van der Waals surface area contributed by atoms with Crippen LogP contribution in [-0.2, 0) is 0 Å². The van der Waals surface area contributed by atoms with Gasteiger partial charge in [0.1, 0.15) is 0 Å². The summed E-state index contributed by atoms with van der Waals surface area (Å²) in [7, 11) is 0. The van der Waals surface area contributed by atoms with Crippen molar-refractivity contribution in [2.24, 2.45) is 5.92 Å². The Kier molecular flexibility index (Phi) is 2.02. The Labute approximate surface area is 69.7 Å². The highest BCUT2D eigenvalue weighted by Crippen LogP contribution is 2.39. The van der Waals surface area contributed by atoms with Crippen molar-refractivity contribution in [3.05, 3.63) is 11.1 Å². The van der Waals surface area contributed by atoms with Crippen LogP contribution >= 0.6 is 0 Å². The molecular formula is C11H18. The predicted octanol–water partition coefficient (Wildman–Crippen LogP) is 3.68. The lowest BCUT2D eigenvalue weighted by Crippen LogP contribution is -2.07. The highest BCUT2D eigenvalue weighted by Gasteiger charge is 2.22. The lowest BCUT2D eigenvalue weighted by atomic mass is 9.84. The molecule has 0 saturated heterocycles. The average Bonchev–Trinajstić information content (AvgIpc) is 2.87. The first-order valence-corrected chi connectivity index (χ1v) is 5.06. The molecule has 0 heterocycles. The largest absolute Gasteiger partial charge is 0.0710 e. The molecule has 0 spiro atoms. The molecule has 0 unspecified atom stereocenters. The molecule has 0 N–H and O–H groups in total. The third kappa shape index (κ3) is 1.66. The van der Waals surface area contributed by atoms with E-state index in [2.05, 4.69) is 6.92 Å². The number of allylic oxidation sites excluding steroid dienone is 2. The highest BCUT2D eigenvalue weighted by atomic mass is 14.3. The van der Waals surface area contributed by atoms with E-state index in [0.29, 0.717) is 0 Å². The van der Waals surface area contributed by atoms with Gasteiger partial charge in [0.25, 0.3) is 0 Å². The summed E-state index contributed by atoms with van der Waals surface area (Å²) in [5.41, 5.74) is 3.56. The van der Waals surface area contributed by atoms with E-state index >= 15 is 0 Å². The third-order valence-corrected chi connectivity index (χ3v) is 3.28. The monoisotopic (exact) mass is 150 g/mol. The molecule has 0 aromatic heterocycles. The molecule has 2 aliphatic rings. The van der Waals surface area contributed by atoms with Crippen molar-refractivity contribution in [3.63, 3.8) is 0 Å². The van der Waals surface area contributed by atoms with Gasteiger partial charge in [-0.2, -0.15) is 0 Å². The fourth-order valence-electron chi connectivity index (χ4n) is 2.28. The van der Waals surface area contributed by atoms with Crippen LogP contribution < -0.4 is 0 Å². The van der Waals surface area contributed by atoms with Crippen LogP contribution in [0.25, 0.3) is 0 Å². The van der Waals surface area contributed by atoms with Gasteiger partial charge in [0.2, 0.25) is 0 Å². The Hall–Kier alpha value is -0.260. The van der Waals surface area contributed by atoms with Gasteiger partial charge < -0.3 is 0 Å². The van der Waals surface area contributed by atoms with Crippen molar-refractivity contribution in [1.29, 1.82) is 0 Å². The second-order valence-corrected chi connectivity index (χ2v) is 4.12. The van der Waals surface area contributed by atoms with E-state index in [4.69, 9.17) is 0 Å². The fourth-order valence-corrected chi connectivity index (χ4v) is 2.28. The van der Waals surface area contributed by atoms with Gasteiger partial charge in [-0.1, -0.05) is 30.4 Å². The Bertz CT molecular complexity index is 164. The third-order valence-electron chi connectivity index (χ3n) is 3.28. The van der Waals surface area contributed by atoms with E-state index in [0.717, 1.165) is 5.92 Å². The summed E-state index contributed by atoms with van der Waals surface area (Å²) in [6, 6.07) is 0. The summed E-state index contributed by atoms with van der Waals surface area (Å²) in [5, 5.41) is 0. The molecule has 0 aromatic carbocycles. The molecule has 0 atom stereocenters. The molecule has 0 aliphatic heterocycles. The predicted molar refractivity (Wildman–Crippen MR) is 48.5 cm³/mol. The van der Waals surface area contributed by atoms with Crippen molar-refractivity contribution in [2.75, 3.05) is 0 Å². The summed E-state index contributed by atoms with van der Waals surface area (Å²) < 4.78 is 0. The summed E-state index contributed by atoms with van der Waals surface area (Å²) in [6.45, 7) is 2.37. The van der Waals surface area contributed by atoms with E-state index < -0.39 is 0 Å². The maximum absolute atomic E-state index is 2.37. The summed E-state index contributed by atoms with van der Waals surface area (Å²) in [5.74, 6) is 0.987. The Morgan fingerprint density at radius 2 is 1.73 bits per heavy atom. The molecular weight excluding hydrogens is 132 g/mol. The molecule has 0 heteroatoms. The van der Waals surface area contributed by atoms with E-state index in [1.807, 2.05) is 0 Å². The topological polar surface area (TPSA) is 0 Å². The van der Waals surface area contributed by atoms with E-state index in [-0.39, 0.29) is 0 Å². The number of rotatable bonds is 1. The van der Waals surface area contributed by atoms with Crippen LogP contribution in [0.15, 0.2) is 11.1 Å². The van der Waals surface area contributed by atoms with E-state index in [9.17, 15) is 0 Å². The second kappa shape index (κ2) is 3.00. The quantitative estimate of drug-likeness (QED) is 0.500. The maximum Gasteiger partial charge on any atom is -0.0203 e. The molecule has 0 radical (unpaired) electrons. The van der Waals surface area contributed by atoms with Crippen LogP contribution in [0.3, 0.4) is 0 Å². The van der Waals surface area contributed by atoms with Gasteiger partial charge >= 0.3 is 0 Å². The van der Waals surface area contributed by atoms with Gasteiger partial charge in [0.05, 0.1) is 0 Å². The molecule has 11 heavy (non-hydrogen) atoms. The lowest BCUT2D eigenvalue weighted by molar-refractivity contribution is 0.402. The smallest absolute Gasteiger partial charge is 0.0203 e. The summed E-state index contributed by atoms with van der Waals surface area (Å²) >= 11 is 0. The van der Waals surface area contributed by atoms with Crippen molar-refractivity contribution in [3.8, 4) is 0 Å². The molecule has 0 bridgehead atoms. The van der Waals surface area contributed by atoms with Crippen LogP contribution in [0.5, 0.6) is 0 Å².